The fraction of sp³-hybridized carbons (Fsp3) is 0.852. The number of rotatable bonds is 21. The van der Waals surface area contributed by atoms with Crippen molar-refractivity contribution in [3.8, 4) is 0 Å². The Morgan fingerprint density at radius 2 is 1.04 bits per heavy atom. The molecule has 0 bridgehead atoms. The van der Waals surface area contributed by atoms with Crippen molar-refractivity contribution >= 4 is 0 Å². The summed E-state index contributed by atoms with van der Waals surface area (Å²) in [6, 6.07) is 0.447. The predicted octanol–water partition coefficient (Wildman–Crippen LogP) is 9.12. The molecule has 0 aliphatic heterocycles. The summed E-state index contributed by atoms with van der Waals surface area (Å²) in [5.41, 5.74) is 6.28. The van der Waals surface area contributed by atoms with E-state index in [0.29, 0.717) is 6.04 Å². The number of unbranched alkanes of at least 4 members (excludes halogenated alkanes) is 11. The Morgan fingerprint density at radius 3 is 1.57 bits per heavy atom. The average Bonchev–Trinajstić information content (AvgIpc) is 2.67. The van der Waals surface area contributed by atoms with Crippen LogP contribution < -0.4 is 5.73 Å². The second kappa shape index (κ2) is 22.7. The molecule has 0 radical (unpaired) electrons. The second-order valence-corrected chi connectivity index (χ2v) is 9.16. The number of nitrogens with two attached hydrogens (primary N) is 1. The second-order valence-electron chi connectivity index (χ2n) is 9.16. The third-order valence-electron chi connectivity index (χ3n) is 5.63. The molecule has 1 unspecified atom stereocenters. The van der Waals surface area contributed by atoms with Crippen LogP contribution in [-0.4, -0.2) is 6.04 Å². The van der Waals surface area contributed by atoms with E-state index in [0.717, 1.165) is 12.3 Å². The minimum atomic E-state index is 0.447. The van der Waals surface area contributed by atoms with Crippen molar-refractivity contribution in [1.29, 1.82) is 0 Å². The summed E-state index contributed by atoms with van der Waals surface area (Å²) in [7, 11) is 0. The van der Waals surface area contributed by atoms with Crippen molar-refractivity contribution in [3.63, 3.8) is 0 Å². The largest absolute Gasteiger partial charge is 0.328 e. The van der Waals surface area contributed by atoms with E-state index >= 15 is 0 Å². The van der Waals surface area contributed by atoms with Crippen molar-refractivity contribution in [2.75, 3.05) is 0 Å². The lowest BCUT2D eigenvalue weighted by molar-refractivity contribution is 0.473. The maximum atomic E-state index is 6.28. The topological polar surface area (TPSA) is 26.0 Å². The molecular weight excluding hydrogens is 338 g/mol. The van der Waals surface area contributed by atoms with E-state index in [4.69, 9.17) is 5.73 Å². The van der Waals surface area contributed by atoms with Gasteiger partial charge in [0.15, 0.2) is 0 Å². The van der Waals surface area contributed by atoms with Gasteiger partial charge in [-0.15, -0.1) is 0 Å². The zero-order valence-corrected chi connectivity index (χ0v) is 19.8. The van der Waals surface area contributed by atoms with Gasteiger partial charge in [-0.1, -0.05) is 116 Å². The quantitative estimate of drug-likeness (QED) is 0.153. The van der Waals surface area contributed by atoms with Crippen LogP contribution in [0.1, 0.15) is 136 Å². The van der Waals surface area contributed by atoms with E-state index in [1.807, 2.05) is 0 Å². The van der Waals surface area contributed by atoms with Gasteiger partial charge in [0.25, 0.3) is 0 Å². The highest BCUT2D eigenvalue weighted by atomic mass is 14.6. The Kier molecular flexibility index (Phi) is 22.3. The lowest BCUT2D eigenvalue weighted by Gasteiger charge is -2.11. The standard InChI is InChI=1S/C27H53N/c1-4-5-6-7-8-9-10-11-12-13-14-15-16-17-21-24-27(28)25-22-19-18-20-23-26(2)3/h8-9,11-12,26-27H,4-7,10,13-25,28H2,1-3H3. The number of hydrogen-bond acceptors (Lipinski definition) is 1. The Balaban J connectivity index is 3.26. The molecule has 0 heterocycles. The van der Waals surface area contributed by atoms with Gasteiger partial charge in [-0.2, -0.15) is 0 Å². The first-order chi connectivity index (χ1) is 13.7. The minimum Gasteiger partial charge on any atom is -0.328 e. The smallest absolute Gasteiger partial charge is 0.00388 e. The van der Waals surface area contributed by atoms with Crippen LogP contribution in [0.4, 0.5) is 0 Å². The summed E-state index contributed by atoms with van der Waals surface area (Å²) >= 11 is 0. The molecule has 0 aromatic heterocycles. The maximum Gasteiger partial charge on any atom is 0.00388 e. The van der Waals surface area contributed by atoms with Crippen LogP contribution in [0, 0.1) is 5.92 Å². The van der Waals surface area contributed by atoms with E-state index in [-0.39, 0.29) is 0 Å². The van der Waals surface area contributed by atoms with Crippen molar-refractivity contribution < 1.29 is 0 Å². The molecule has 166 valence electrons. The molecule has 0 aromatic rings. The maximum absolute atomic E-state index is 6.28. The third kappa shape index (κ3) is 23.5. The van der Waals surface area contributed by atoms with Gasteiger partial charge in [0.2, 0.25) is 0 Å². The highest BCUT2D eigenvalue weighted by molar-refractivity contribution is 4.92. The highest BCUT2D eigenvalue weighted by Crippen LogP contribution is 2.14. The predicted molar refractivity (Wildman–Crippen MR) is 130 cm³/mol. The molecule has 0 rings (SSSR count). The van der Waals surface area contributed by atoms with Crippen LogP contribution in [0.3, 0.4) is 0 Å². The van der Waals surface area contributed by atoms with Gasteiger partial charge >= 0.3 is 0 Å². The Labute approximate surface area is 178 Å². The lowest BCUT2D eigenvalue weighted by atomic mass is 10.00. The summed E-state index contributed by atoms with van der Waals surface area (Å²) in [6.07, 6.45) is 33.2. The molecule has 0 saturated heterocycles. The molecule has 0 aliphatic rings. The van der Waals surface area contributed by atoms with E-state index < -0.39 is 0 Å². The molecule has 0 spiro atoms. The Hall–Kier alpha value is -0.560. The molecule has 0 fully saturated rings. The zero-order valence-electron chi connectivity index (χ0n) is 19.8. The van der Waals surface area contributed by atoms with Crippen LogP contribution in [0.2, 0.25) is 0 Å². The number of hydrogen-bond donors (Lipinski definition) is 1. The van der Waals surface area contributed by atoms with Crippen LogP contribution in [0.5, 0.6) is 0 Å². The average molecular weight is 392 g/mol. The monoisotopic (exact) mass is 391 g/mol. The molecule has 0 amide bonds. The molecule has 0 saturated carbocycles. The van der Waals surface area contributed by atoms with Crippen molar-refractivity contribution in [2.24, 2.45) is 11.7 Å². The van der Waals surface area contributed by atoms with Gasteiger partial charge in [0.1, 0.15) is 0 Å². The molecule has 0 aliphatic carbocycles. The van der Waals surface area contributed by atoms with Gasteiger partial charge < -0.3 is 5.73 Å². The zero-order chi connectivity index (χ0) is 20.7. The minimum absolute atomic E-state index is 0.447. The Bertz CT molecular complexity index is 342. The fourth-order valence-electron chi connectivity index (χ4n) is 3.67. The van der Waals surface area contributed by atoms with Crippen LogP contribution in [0.25, 0.3) is 0 Å². The first kappa shape index (κ1) is 27.4. The van der Waals surface area contributed by atoms with Crippen LogP contribution in [-0.2, 0) is 0 Å². The van der Waals surface area contributed by atoms with E-state index in [1.54, 1.807) is 0 Å². The summed E-state index contributed by atoms with van der Waals surface area (Å²) in [5.74, 6) is 0.862. The molecule has 1 heteroatoms. The molecule has 2 N–H and O–H groups in total. The van der Waals surface area contributed by atoms with Gasteiger partial charge in [0.05, 0.1) is 0 Å². The van der Waals surface area contributed by atoms with Crippen molar-refractivity contribution in [1.82, 2.24) is 0 Å². The van der Waals surface area contributed by atoms with Gasteiger partial charge in [-0.05, 0) is 50.9 Å². The molecule has 0 aromatic carbocycles. The third-order valence-corrected chi connectivity index (χ3v) is 5.63. The summed E-state index contributed by atoms with van der Waals surface area (Å²) in [6.45, 7) is 6.90. The van der Waals surface area contributed by atoms with Gasteiger partial charge in [0, 0.05) is 6.04 Å². The highest BCUT2D eigenvalue weighted by Gasteiger charge is 2.02. The molecule has 28 heavy (non-hydrogen) atoms. The van der Waals surface area contributed by atoms with Gasteiger partial charge in [-0.3, -0.25) is 0 Å². The first-order valence-corrected chi connectivity index (χ1v) is 12.7. The Morgan fingerprint density at radius 1 is 0.571 bits per heavy atom. The fourth-order valence-corrected chi connectivity index (χ4v) is 3.67. The molecule has 1 atom stereocenters. The normalized spacial score (nSPS) is 13.3. The lowest BCUT2D eigenvalue weighted by Crippen LogP contribution is -2.19. The van der Waals surface area contributed by atoms with Crippen LogP contribution in [0.15, 0.2) is 24.3 Å². The van der Waals surface area contributed by atoms with Crippen molar-refractivity contribution in [3.05, 3.63) is 24.3 Å². The van der Waals surface area contributed by atoms with Crippen LogP contribution >= 0.6 is 0 Å². The SMILES string of the molecule is CCCCCC=CCC=CCCCCCCCC(N)CCCCCCC(C)C. The molecular formula is C27H53N. The van der Waals surface area contributed by atoms with Crippen molar-refractivity contribution in [2.45, 2.75) is 142 Å². The van der Waals surface area contributed by atoms with Gasteiger partial charge in [-0.25, -0.2) is 0 Å². The van der Waals surface area contributed by atoms with E-state index in [2.05, 4.69) is 45.1 Å². The number of allylic oxidation sites excluding steroid dienone is 4. The molecule has 1 nitrogen and oxygen atoms in total. The first-order valence-electron chi connectivity index (χ1n) is 12.7. The summed E-state index contributed by atoms with van der Waals surface area (Å²) in [4.78, 5) is 0. The summed E-state index contributed by atoms with van der Waals surface area (Å²) in [5, 5.41) is 0. The summed E-state index contributed by atoms with van der Waals surface area (Å²) < 4.78 is 0. The van der Waals surface area contributed by atoms with E-state index in [9.17, 15) is 0 Å². The van der Waals surface area contributed by atoms with E-state index in [1.165, 1.54) is 109 Å².